The van der Waals surface area contributed by atoms with Gasteiger partial charge in [-0.3, -0.25) is 0 Å². The standard InChI is InChI=1S/C17H13NOS/c1-11-16-14(9-13-7-8-20-17(11)13)15(10-18-19-16)12-5-3-2-4-6-12/h2-10,18H,1H3. The van der Waals surface area contributed by atoms with Crippen molar-refractivity contribution in [3.05, 3.63) is 70.7 Å². The van der Waals surface area contributed by atoms with Gasteiger partial charge in [-0.15, -0.1) is 11.3 Å². The van der Waals surface area contributed by atoms with Crippen LogP contribution in [0.1, 0.15) is 16.7 Å². The van der Waals surface area contributed by atoms with E-state index >= 15 is 0 Å². The third-order valence-electron chi connectivity index (χ3n) is 3.66. The molecule has 3 aromatic rings. The van der Waals surface area contributed by atoms with E-state index in [2.05, 4.69) is 54.2 Å². The van der Waals surface area contributed by atoms with E-state index in [0.717, 1.165) is 11.3 Å². The van der Waals surface area contributed by atoms with E-state index in [-0.39, 0.29) is 0 Å². The number of fused-ring (bicyclic) bond motifs is 2. The summed E-state index contributed by atoms with van der Waals surface area (Å²) in [4.78, 5) is 5.66. The van der Waals surface area contributed by atoms with E-state index in [4.69, 9.17) is 4.84 Å². The molecule has 3 heteroatoms. The second-order valence-electron chi connectivity index (χ2n) is 4.86. The molecule has 1 aliphatic rings. The van der Waals surface area contributed by atoms with E-state index in [1.54, 1.807) is 11.3 Å². The number of rotatable bonds is 1. The Morgan fingerprint density at radius 2 is 1.95 bits per heavy atom. The van der Waals surface area contributed by atoms with Gasteiger partial charge in [-0.1, -0.05) is 30.3 Å². The Labute approximate surface area is 121 Å². The maximum atomic E-state index is 5.66. The molecule has 0 radical (unpaired) electrons. The number of aryl methyl sites for hydroxylation is 1. The van der Waals surface area contributed by atoms with Crippen LogP contribution in [0.3, 0.4) is 0 Å². The van der Waals surface area contributed by atoms with Crippen molar-refractivity contribution in [3.63, 3.8) is 0 Å². The molecule has 2 aromatic carbocycles. The zero-order chi connectivity index (χ0) is 13.5. The Hall–Kier alpha value is -2.26. The Morgan fingerprint density at radius 3 is 2.80 bits per heavy atom. The van der Waals surface area contributed by atoms with Crippen LogP contribution < -0.4 is 10.3 Å². The van der Waals surface area contributed by atoms with Gasteiger partial charge in [-0.05, 0) is 35.4 Å². The minimum Gasteiger partial charge on any atom is -0.382 e. The summed E-state index contributed by atoms with van der Waals surface area (Å²) >= 11 is 1.76. The van der Waals surface area contributed by atoms with Crippen LogP contribution in [0.4, 0.5) is 0 Å². The van der Waals surface area contributed by atoms with E-state index in [1.165, 1.54) is 26.8 Å². The lowest BCUT2D eigenvalue weighted by Crippen LogP contribution is -2.18. The first-order chi connectivity index (χ1) is 9.84. The smallest absolute Gasteiger partial charge is 0.167 e. The maximum Gasteiger partial charge on any atom is 0.167 e. The monoisotopic (exact) mass is 279 g/mol. The van der Waals surface area contributed by atoms with Crippen LogP contribution in [-0.2, 0) is 0 Å². The largest absolute Gasteiger partial charge is 0.382 e. The number of hydrogen-bond acceptors (Lipinski definition) is 3. The van der Waals surface area contributed by atoms with E-state index < -0.39 is 0 Å². The molecule has 0 aliphatic carbocycles. The van der Waals surface area contributed by atoms with Crippen molar-refractivity contribution in [3.8, 4) is 5.75 Å². The Morgan fingerprint density at radius 1 is 1.10 bits per heavy atom. The minimum atomic E-state index is 0.932. The number of thiophene rings is 1. The number of nitrogens with one attached hydrogen (secondary N) is 1. The van der Waals surface area contributed by atoms with Crippen molar-refractivity contribution >= 4 is 27.0 Å². The molecule has 4 rings (SSSR count). The van der Waals surface area contributed by atoms with Crippen molar-refractivity contribution in [1.82, 2.24) is 5.48 Å². The number of hydroxylamine groups is 1. The Balaban J connectivity index is 1.99. The summed E-state index contributed by atoms with van der Waals surface area (Å²) in [6.07, 6.45) is 1.93. The summed E-state index contributed by atoms with van der Waals surface area (Å²) in [5.74, 6) is 0.932. The minimum absolute atomic E-state index is 0.932. The molecule has 20 heavy (non-hydrogen) atoms. The molecule has 1 aliphatic heterocycles. The van der Waals surface area contributed by atoms with Gasteiger partial charge in [0.25, 0.3) is 0 Å². The molecule has 1 N–H and O–H groups in total. The second kappa shape index (κ2) is 4.39. The molecule has 0 atom stereocenters. The zero-order valence-corrected chi connectivity index (χ0v) is 11.8. The predicted molar refractivity (Wildman–Crippen MR) is 83.8 cm³/mol. The van der Waals surface area contributed by atoms with E-state index in [1.807, 2.05) is 12.3 Å². The third kappa shape index (κ3) is 1.63. The highest BCUT2D eigenvalue weighted by molar-refractivity contribution is 7.17. The molecule has 2 heterocycles. The summed E-state index contributed by atoms with van der Waals surface area (Å²) in [6, 6.07) is 14.8. The van der Waals surface area contributed by atoms with Crippen LogP contribution in [0.15, 0.2) is 54.0 Å². The highest BCUT2D eigenvalue weighted by atomic mass is 32.1. The average molecular weight is 279 g/mol. The lowest BCUT2D eigenvalue weighted by atomic mass is 9.94. The molecule has 0 unspecified atom stereocenters. The van der Waals surface area contributed by atoms with Crippen molar-refractivity contribution in [2.45, 2.75) is 6.92 Å². The summed E-state index contributed by atoms with van der Waals surface area (Å²) in [7, 11) is 0. The topological polar surface area (TPSA) is 21.3 Å². The molecule has 0 fully saturated rings. The van der Waals surface area contributed by atoms with Crippen molar-refractivity contribution in [1.29, 1.82) is 0 Å². The molecular formula is C17H13NOS. The van der Waals surface area contributed by atoms with Crippen LogP contribution in [-0.4, -0.2) is 0 Å². The second-order valence-corrected chi connectivity index (χ2v) is 5.78. The number of hydrogen-bond donors (Lipinski definition) is 1. The molecule has 1 aromatic heterocycles. The first kappa shape index (κ1) is 11.6. The molecule has 0 saturated carbocycles. The summed E-state index contributed by atoms with van der Waals surface area (Å²) in [6.45, 7) is 2.12. The van der Waals surface area contributed by atoms with Crippen molar-refractivity contribution in [2.75, 3.05) is 0 Å². The molecule has 2 nitrogen and oxygen atoms in total. The van der Waals surface area contributed by atoms with Gasteiger partial charge in [0.05, 0.1) is 0 Å². The van der Waals surface area contributed by atoms with Gasteiger partial charge in [0.2, 0.25) is 0 Å². The lowest BCUT2D eigenvalue weighted by Gasteiger charge is -2.21. The van der Waals surface area contributed by atoms with Crippen LogP contribution in [0, 0.1) is 6.92 Å². The molecule has 0 saturated heterocycles. The van der Waals surface area contributed by atoms with Crippen molar-refractivity contribution in [2.24, 2.45) is 0 Å². The average Bonchev–Trinajstić information content (AvgIpc) is 2.97. The normalized spacial score (nSPS) is 13.3. The summed E-state index contributed by atoms with van der Waals surface area (Å²) in [5, 5.41) is 3.40. The third-order valence-corrected chi connectivity index (χ3v) is 4.71. The summed E-state index contributed by atoms with van der Waals surface area (Å²) < 4.78 is 1.29. The van der Waals surface area contributed by atoms with Gasteiger partial charge in [0.1, 0.15) is 0 Å². The van der Waals surface area contributed by atoms with Crippen LogP contribution in [0.5, 0.6) is 5.75 Å². The quantitative estimate of drug-likeness (QED) is 0.708. The fourth-order valence-electron chi connectivity index (χ4n) is 2.68. The SMILES string of the molecule is Cc1c2c(cc3ccsc13)C(c1ccccc1)=CNO2. The Kier molecular flexibility index (Phi) is 2.54. The first-order valence-corrected chi connectivity index (χ1v) is 7.42. The molecule has 0 spiro atoms. The fraction of sp³-hybridized carbons (Fsp3) is 0.0588. The van der Waals surface area contributed by atoms with Gasteiger partial charge in [0, 0.05) is 27.6 Å². The predicted octanol–water partition coefficient (Wildman–Crippen LogP) is 4.50. The van der Waals surface area contributed by atoms with Gasteiger partial charge >= 0.3 is 0 Å². The van der Waals surface area contributed by atoms with Gasteiger partial charge in [-0.25, -0.2) is 5.48 Å². The highest BCUT2D eigenvalue weighted by Crippen LogP contribution is 2.40. The van der Waals surface area contributed by atoms with E-state index in [0.29, 0.717) is 0 Å². The highest BCUT2D eigenvalue weighted by Gasteiger charge is 2.20. The van der Waals surface area contributed by atoms with Crippen molar-refractivity contribution < 1.29 is 4.84 Å². The molecule has 0 amide bonds. The van der Waals surface area contributed by atoms with Crippen LogP contribution in [0.25, 0.3) is 15.7 Å². The fourth-order valence-corrected chi connectivity index (χ4v) is 3.56. The van der Waals surface area contributed by atoms with Crippen LogP contribution >= 0.6 is 11.3 Å². The maximum absolute atomic E-state index is 5.66. The molecule has 0 bridgehead atoms. The molecular weight excluding hydrogens is 266 g/mol. The van der Waals surface area contributed by atoms with Gasteiger partial charge in [0.15, 0.2) is 5.75 Å². The van der Waals surface area contributed by atoms with Gasteiger partial charge < -0.3 is 4.84 Å². The molecule has 98 valence electrons. The number of benzene rings is 2. The first-order valence-electron chi connectivity index (χ1n) is 6.54. The van der Waals surface area contributed by atoms with E-state index in [9.17, 15) is 0 Å². The van der Waals surface area contributed by atoms with Gasteiger partial charge in [-0.2, -0.15) is 0 Å². The Bertz CT molecular complexity index is 818. The zero-order valence-electron chi connectivity index (χ0n) is 11.0. The van der Waals surface area contributed by atoms with Crippen LogP contribution in [0.2, 0.25) is 0 Å². The lowest BCUT2D eigenvalue weighted by molar-refractivity contribution is 0.237. The summed E-state index contributed by atoms with van der Waals surface area (Å²) in [5.41, 5.74) is 7.64.